The molecule has 1 rings (SSSR count). The Labute approximate surface area is 100 Å². The van der Waals surface area contributed by atoms with Crippen molar-refractivity contribution in [3.05, 3.63) is 33.9 Å². The van der Waals surface area contributed by atoms with Gasteiger partial charge >= 0.3 is 0 Å². The summed E-state index contributed by atoms with van der Waals surface area (Å²) in [7, 11) is 3.93. The van der Waals surface area contributed by atoms with Gasteiger partial charge in [0.05, 0.1) is 4.92 Å². The van der Waals surface area contributed by atoms with Gasteiger partial charge in [0.1, 0.15) is 5.75 Å². The molecule has 1 aromatic carbocycles. The van der Waals surface area contributed by atoms with Gasteiger partial charge in [0.2, 0.25) is 0 Å². The highest BCUT2D eigenvalue weighted by Gasteiger charge is 2.09. The van der Waals surface area contributed by atoms with Crippen LogP contribution in [-0.4, -0.2) is 42.1 Å². The maximum atomic E-state index is 10.6. The third-order valence-electron chi connectivity index (χ3n) is 2.33. The fourth-order valence-electron chi connectivity index (χ4n) is 1.35. The van der Waals surface area contributed by atoms with Crippen LogP contribution in [0.15, 0.2) is 18.2 Å². The standard InChI is InChI=1S/C11H17N3O3/c1-13(2)6-5-12-8-9-7-10(14(16)17)3-4-11(9)15/h3-4,7,12,15H,5-6,8H2,1-2H3. The number of phenolic OH excluding ortho intramolecular Hbond substituents is 1. The smallest absolute Gasteiger partial charge is 0.270 e. The first-order chi connectivity index (χ1) is 8.00. The maximum absolute atomic E-state index is 10.6. The Morgan fingerprint density at radius 1 is 1.47 bits per heavy atom. The Morgan fingerprint density at radius 3 is 2.76 bits per heavy atom. The number of nitrogens with one attached hydrogen (secondary N) is 1. The van der Waals surface area contributed by atoms with Crippen LogP contribution in [0.3, 0.4) is 0 Å². The summed E-state index contributed by atoms with van der Waals surface area (Å²) in [5.41, 5.74) is 0.533. The topological polar surface area (TPSA) is 78.6 Å². The minimum absolute atomic E-state index is 0.00721. The van der Waals surface area contributed by atoms with Gasteiger partial charge in [-0.1, -0.05) is 0 Å². The fourth-order valence-corrected chi connectivity index (χ4v) is 1.35. The number of benzene rings is 1. The second-order valence-corrected chi connectivity index (χ2v) is 4.05. The molecule has 6 heteroatoms. The maximum Gasteiger partial charge on any atom is 0.270 e. The lowest BCUT2D eigenvalue weighted by molar-refractivity contribution is -0.384. The van der Waals surface area contributed by atoms with Crippen LogP contribution in [0.4, 0.5) is 5.69 Å². The Hall–Kier alpha value is -1.66. The Kier molecular flexibility index (Phi) is 4.86. The highest BCUT2D eigenvalue weighted by atomic mass is 16.6. The Bertz CT molecular complexity index is 394. The van der Waals surface area contributed by atoms with Crippen LogP contribution in [-0.2, 0) is 6.54 Å². The molecule has 94 valence electrons. The highest BCUT2D eigenvalue weighted by Crippen LogP contribution is 2.22. The van der Waals surface area contributed by atoms with Crippen molar-refractivity contribution in [2.75, 3.05) is 27.2 Å². The molecule has 0 saturated carbocycles. The molecule has 0 aliphatic carbocycles. The van der Waals surface area contributed by atoms with E-state index in [2.05, 4.69) is 5.32 Å². The molecule has 0 fully saturated rings. The van der Waals surface area contributed by atoms with Crippen molar-refractivity contribution >= 4 is 5.69 Å². The summed E-state index contributed by atoms with van der Waals surface area (Å²) in [5, 5.41) is 23.2. The first-order valence-electron chi connectivity index (χ1n) is 5.32. The number of nitro groups is 1. The van der Waals surface area contributed by atoms with Crippen molar-refractivity contribution in [1.82, 2.24) is 10.2 Å². The summed E-state index contributed by atoms with van der Waals surface area (Å²) in [6.07, 6.45) is 0. The lowest BCUT2D eigenvalue weighted by Crippen LogP contribution is -2.26. The third-order valence-corrected chi connectivity index (χ3v) is 2.33. The van der Waals surface area contributed by atoms with Crippen LogP contribution in [0.25, 0.3) is 0 Å². The summed E-state index contributed by atoms with van der Waals surface area (Å²) in [5.74, 6) is 0.0768. The number of phenols is 1. The highest BCUT2D eigenvalue weighted by molar-refractivity contribution is 5.42. The van der Waals surface area contributed by atoms with Crippen molar-refractivity contribution in [3.8, 4) is 5.75 Å². The number of non-ortho nitro benzene ring substituents is 1. The first kappa shape index (κ1) is 13.4. The molecular formula is C11H17N3O3. The van der Waals surface area contributed by atoms with E-state index < -0.39 is 4.92 Å². The monoisotopic (exact) mass is 239 g/mol. The molecule has 2 N–H and O–H groups in total. The Morgan fingerprint density at radius 2 is 2.18 bits per heavy atom. The number of aromatic hydroxyl groups is 1. The lowest BCUT2D eigenvalue weighted by atomic mass is 10.2. The molecule has 0 aliphatic rings. The van der Waals surface area contributed by atoms with E-state index in [0.717, 1.165) is 13.1 Å². The van der Waals surface area contributed by atoms with Gasteiger partial charge < -0.3 is 15.3 Å². The third kappa shape index (κ3) is 4.38. The molecule has 6 nitrogen and oxygen atoms in total. The van der Waals surface area contributed by atoms with Crippen LogP contribution in [0.5, 0.6) is 5.75 Å². The van der Waals surface area contributed by atoms with E-state index in [9.17, 15) is 15.2 Å². The zero-order valence-corrected chi connectivity index (χ0v) is 10.0. The zero-order chi connectivity index (χ0) is 12.8. The molecule has 0 atom stereocenters. The quantitative estimate of drug-likeness (QED) is 0.439. The number of nitro benzene ring substituents is 1. The summed E-state index contributed by atoms with van der Waals surface area (Å²) in [6.45, 7) is 2.05. The SMILES string of the molecule is CN(C)CCNCc1cc([N+](=O)[O-])ccc1O. The molecule has 0 heterocycles. The molecular weight excluding hydrogens is 222 g/mol. The minimum Gasteiger partial charge on any atom is -0.508 e. The number of likely N-dealkylation sites (N-methyl/N-ethyl adjacent to an activating group) is 1. The average Bonchev–Trinajstić information content (AvgIpc) is 2.25. The van der Waals surface area contributed by atoms with Crippen molar-refractivity contribution in [2.24, 2.45) is 0 Å². The van der Waals surface area contributed by atoms with Gasteiger partial charge in [0.15, 0.2) is 0 Å². The van der Waals surface area contributed by atoms with E-state index in [1.165, 1.54) is 18.2 Å². The van der Waals surface area contributed by atoms with Crippen molar-refractivity contribution in [1.29, 1.82) is 0 Å². The minimum atomic E-state index is -0.469. The molecule has 0 aliphatic heterocycles. The summed E-state index contributed by atoms with van der Waals surface area (Å²) < 4.78 is 0. The van der Waals surface area contributed by atoms with E-state index in [0.29, 0.717) is 12.1 Å². The van der Waals surface area contributed by atoms with Gasteiger partial charge in [-0.3, -0.25) is 10.1 Å². The van der Waals surface area contributed by atoms with Gasteiger partial charge in [-0.25, -0.2) is 0 Å². The summed E-state index contributed by atoms with van der Waals surface area (Å²) in [4.78, 5) is 12.1. The van der Waals surface area contributed by atoms with Crippen molar-refractivity contribution in [3.63, 3.8) is 0 Å². The molecule has 17 heavy (non-hydrogen) atoms. The number of hydrogen-bond acceptors (Lipinski definition) is 5. The molecule has 0 aromatic heterocycles. The normalized spacial score (nSPS) is 10.8. The predicted octanol–water partition coefficient (Wildman–Crippen LogP) is 0.952. The molecule has 0 saturated heterocycles. The molecule has 1 aromatic rings. The Balaban J connectivity index is 2.57. The zero-order valence-electron chi connectivity index (χ0n) is 10.0. The van der Waals surface area contributed by atoms with E-state index in [1.54, 1.807) is 0 Å². The van der Waals surface area contributed by atoms with Gasteiger partial charge in [-0.15, -0.1) is 0 Å². The molecule has 0 radical (unpaired) electrons. The van der Waals surface area contributed by atoms with E-state index in [4.69, 9.17) is 0 Å². The second-order valence-electron chi connectivity index (χ2n) is 4.05. The predicted molar refractivity (Wildman–Crippen MR) is 65.0 cm³/mol. The van der Waals surface area contributed by atoms with E-state index >= 15 is 0 Å². The van der Waals surface area contributed by atoms with Crippen molar-refractivity contribution < 1.29 is 10.0 Å². The van der Waals surface area contributed by atoms with Crippen LogP contribution in [0.1, 0.15) is 5.56 Å². The van der Waals surface area contributed by atoms with E-state index in [-0.39, 0.29) is 11.4 Å². The van der Waals surface area contributed by atoms with Crippen LogP contribution in [0, 0.1) is 10.1 Å². The lowest BCUT2D eigenvalue weighted by Gasteiger charge is -2.10. The molecule has 0 unspecified atom stereocenters. The van der Waals surface area contributed by atoms with Gasteiger partial charge in [0, 0.05) is 37.3 Å². The van der Waals surface area contributed by atoms with Gasteiger partial charge in [0.25, 0.3) is 5.69 Å². The van der Waals surface area contributed by atoms with E-state index in [1.807, 2.05) is 19.0 Å². The van der Waals surface area contributed by atoms with Crippen LogP contribution in [0.2, 0.25) is 0 Å². The van der Waals surface area contributed by atoms with Crippen LogP contribution < -0.4 is 5.32 Å². The largest absolute Gasteiger partial charge is 0.508 e. The fraction of sp³-hybridized carbons (Fsp3) is 0.455. The number of rotatable bonds is 6. The number of nitrogens with zero attached hydrogens (tertiary/aromatic N) is 2. The molecule has 0 spiro atoms. The molecule has 0 amide bonds. The summed E-state index contributed by atoms with van der Waals surface area (Å²) >= 11 is 0. The molecule has 0 bridgehead atoms. The van der Waals surface area contributed by atoms with Gasteiger partial charge in [-0.2, -0.15) is 0 Å². The number of hydrogen-bond donors (Lipinski definition) is 2. The summed E-state index contributed by atoms with van der Waals surface area (Å²) in [6, 6.07) is 4.03. The van der Waals surface area contributed by atoms with Gasteiger partial charge in [-0.05, 0) is 20.2 Å². The first-order valence-corrected chi connectivity index (χ1v) is 5.32. The average molecular weight is 239 g/mol. The van der Waals surface area contributed by atoms with Crippen LogP contribution >= 0.6 is 0 Å². The van der Waals surface area contributed by atoms with Crippen molar-refractivity contribution in [2.45, 2.75) is 6.54 Å². The second kappa shape index (κ2) is 6.17.